The van der Waals surface area contributed by atoms with Gasteiger partial charge >= 0.3 is 0 Å². The van der Waals surface area contributed by atoms with E-state index in [0.717, 1.165) is 18.0 Å². The minimum atomic E-state index is 0.133. The third kappa shape index (κ3) is 3.83. The minimum absolute atomic E-state index is 0.133. The van der Waals surface area contributed by atoms with E-state index in [0.29, 0.717) is 6.04 Å². The first-order valence-corrected chi connectivity index (χ1v) is 6.70. The first kappa shape index (κ1) is 12.6. The van der Waals surface area contributed by atoms with Gasteiger partial charge in [0, 0.05) is 12.6 Å². The molecule has 0 bridgehead atoms. The fraction of sp³-hybridized carbons (Fsp3) is 0.600. The highest BCUT2D eigenvalue weighted by molar-refractivity contribution is 5.21. The number of hydrogen-bond donors (Lipinski definition) is 2. The molecule has 2 rings (SSSR count). The summed E-state index contributed by atoms with van der Waals surface area (Å²) in [6.45, 7) is 3.43. The van der Waals surface area contributed by atoms with Crippen LogP contribution in [0.25, 0.3) is 0 Å². The second kappa shape index (κ2) is 6.18. The molecule has 94 valence electrons. The molecular weight excluding hydrogens is 210 g/mol. The molecule has 0 atom stereocenters. The molecule has 2 N–H and O–H groups in total. The van der Waals surface area contributed by atoms with Crippen LogP contribution in [0.5, 0.6) is 0 Å². The van der Waals surface area contributed by atoms with Gasteiger partial charge in [-0.15, -0.1) is 0 Å². The van der Waals surface area contributed by atoms with Crippen molar-refractivity contribution in [3.8, 4) is 0 Å². The summed E-state index contributed by atoms with van der Waals surface area (Å²) < 4.78 is 0. The Bertz CT molecular complexity index is 325. The fourth-order valence-corrected chi connectivity index (χ4v) is 2.49. The van der Waals surface area contributed by atoms with Gasteiger partial charge in [0.05, 0.1) is 6.61 Å². The Balaban J connectivity index is 1.77. The van der Waals surface area contributed by atoms with Crippen LogP contribution in [0, 0.1) is 5.92 Å². The summed E-state index contributed by atoms with van der Waals surface area (Å²) in [5.41, 5.74) is 2.29. The van der Waals surface area contributed by atoms with Crippen LogP contribution in [0.15, 0.2) is 24.3 Å². The van der Waals surface area contributed by atoms with E-state index in [1.165, 1.54) is 31.2 Å². The molecule has 0 radical (unpaired) electrons. The molecule has 0 spiro atoms. The van der Waals surface area contributed by atoms with Crippen LogP contribution in [0.2, 0.25) is 0 Å². The number of hydrogen-bond acceptors (Lipinski definition) is 2. The fourth-order valence-electron chi connectivity index (χ4n) is 2.49. The molecule has 1 aromatic carbocycles. The number of rotatable bonds is 4. The summed E-state index contributed by atoms with van der Waals surface area (Å²) in [5.74, 6) is 0.914. The maximum absolute atomic E-state index is 8.97. The molecule has 0 heterocycles. The summed E-state index contributed by atoms with van der Waals surface area (Å²) in [6.07, 6.45) is 5.36. The Labute approximate surface area is 104 Å². The van der Waals surface area contributed by atoms with Gasteiger partial charge in [-0.2, -0.15) is 0 Å². The zero-order chi connectivity index (χ0) is 12.1. The van der Waals surface area contributed by atoms with Gasteiger partial charge in [0.15, 0.2) is 0 Å². The summed E-state index contributed by atoms with van der Waals surface area (Å²) in [7, 11) is 0. The van der Waals surface area contributed by atoms with Crippen molar-refractivity contribution in [2.75, 3.05) is 0 Å². The molecule has 2 heteroatoms. The highest BCUT2D eigenvalue weighted by Crippen LogP contribution is 2.23. The lowest BCUT2D eigenvalue weighted by Crippen LogP contribution is -2.32. The zero-order valence-corrected chi connectivity index (χ0v) is 10.7. The zero-order valence-electron chi connectivity index (χ0n) is 10.7. The smallest absolute Gasteiger partial charge is 0.0681 e. The number of aliphatic hydroxyl groups excluding tert-OH is 1. The van der Waals surface area contributed by atoms with Crippen molar-refractivity contribution in [3.05, 3.63) is 35.4 Å². The van der Waals surface area contributed by atoms with Gasteiger partial charge in [0.25, 0.3) is 0 Å². The molecule has 0 aliphatic heterocycles. The van der Waals surface area contributed by atoms with Crippen molar-refractivity contribution in [2.45, 2.75) is 51.8 Å². The van der Waals surface area contributed by atoms with Crippen LogP contribution >= 0.6 is 0 Å². The summed E-state index contributed by atoms with van der Waals surface area (Å²) >= 11 is 0. The van der Waals surface area contributed by atoms with Gasteiger partial charge in [-0.3, -0.25) is 0 Å². The van der Waals surface area contributed by atoms with Gasteiger partial charge in [0.2, 0.25) is 0 Å². The monoisotopic (exact) mass is 233 g/mol. The van der Waals surface area contributed by atoms with Gasteiger partial charge in [-0.25, -0.2) is 0 Å². The third-order valence-corrected chi connectivity index (χ3v) is 3.82. The highest BCUT2D eigenvalue weighted by Gasteiger charge is 2.17. The van der Waals surface area contributed by atoms with E-state index in [4.69, 9.17) is 5.11 Å². The van der Waals surface area contributed by atoms with Gasteiger partial charge < -0.3 is 10.4 Å². The molecule has 0 amide bonds. The average molecular weight is 233 g/mol. The van der Waals surface area contributed by atoms with Crippen molar-refractivity contribution >= 4 is 0 Å². The molecule has 0 aromatic heterocycles. The van der Waals surface area contributed by atoms with E-state index in [9.17, 15) is 0 Å². The lowest BCUT2D eigenvalue weighted by atomic mass is 9.87. The van der Waals surface area contributed by atoms with Crippen LogP contribution in [0.1, 0.15) is 43.7 Å². The molecule has 2 nitrogen and oxygen atoms in total. The van der Waals surface area contributed by atoms with Crippen LogP contribution in [0.3, 0.4) is 0 Å². The summed E-state index contributed by atoms with van der Waals surface area (Å²) in [6, 6.07) is 8.90. The van der Waals surface area contributed by atoms with E-state index < -0.39 is 0 Å². The topological polar surface area (TPSA) is 32.3 Å². The second-order valence-electron chi connectivity index (χ2n) is 5.31. The summed E-state index contributed by atoms with van der Waals surface area (Å²) in [5, 5.41) is 12.6. The van der Waals surface area contributed by atoms with Crippen LogP contribution in [-0.4, -0.2) is 11.1 Å². The largest absolute Gasteiger partial charge is 0.392 e. The van der Waals surface area contributed by atoms with Crippen molar-refractivity contribution < 1.29 is 5.11 Å². The van der Waals surface area contributed by atoms with Crippen LogP contribution in [-0.2, 0) is 13.2 Å². The lowest BCUT2D eigenvalue weighted by molar-refractivity contribution is 0.282. The van der Waals surface area contributed by atoms with Crippen molar-refractivity contribution in [1.29, 1.82) is 0 Å². The maximum Gasteiger partial charge on any atom is 0.0681 e. The summed E-state index contributed by atoms with van der Waals surface area (Å²) in [4.78, 5) is 0. The van der Waals surface area contributed by atoms with E-state index >= 15 is 0 Å². The van der Waals surface area contributed by atoms with E-state index in [-0.39, 0.29) is 6.61 Å². The first-order chi connectivity index (χ1) is 8.28. The molecule has 1 aromatic rings. The molecule has 1 saturated carbocycles. The number of aliphatic hydroxyl groups is 1. The van der Waals surface area contributed by atoms with Crippen LogP contribution < -0.4 is 5.32 Å². The Morgan fingerprint density at radius 1 is 1.06 bits per heavy atom. The molecule has 1 aliphatic rings. The Hall–Kier alpha value is -0.860. The Kier molecular flexibility index (Phi) is 4.57. The standard InChI is InChI=1S/C15H23NO/c1-12-2-8-15(9-3-12)16-10-13-4-6-14(11-17)7-5-13/h4-7,12,15-17H,2-3,8-11H2,1H3. The Morgan fingerprint density at radius 2 is 1.65 bits per heavy atom. The predicted octanol–water partition coefficient (Wildman–Crippen LogP) is 2.85. The second-order valence-corrected chi connectivity index (χ2v) is 5.31. The third-order valence-electron chi connectivity index (χ3n) is 3.82. The highest BCUT2D eigenvalue weighted by atomic mass is 16.3. The minimum Gasteiger partial charge on any atom is -0.392 e. The van der Waals surface area contributed by atoms with Crippen molar-refractivity contribution in [1.82, 2.24) is 5.32 Å². The maximum atomic E-state index is 8.97. The number of benzene rings is 1. The quantitative estimate of drug-likeness (QED) is 0.838. The lowest BCUT2D eigenvalue weighted by Gasteiger charge is -2.27. The molecule has 1 fully saturated rings. The predicted molar refractivity (Wildman–Crippen MR) is 70.6 cm³/mol. The average Bonchev–Trinajstić information content (AvgIpc) is 2.39. The SMILES string of the molecule is CC1CCC(NCc2ccc(CO)cc2)CC1. The van der Waals surface area contributed by atoms with E-state index in [2.05, 4.69) is 24.4 Å². The number of nitrogens with one attached hydrogen (secondary N) is 1. The van der Waals surface area contributed by atoms with Crippen LogP contribution in [0.4, 0.5) is 0 Å². The van der Waals surface area contributed by atoms with Crippen molar-refractivity contribution in [3.63, 3.8) is 0 Å². The Morgan fingerprint density at radius 3 is 2.24 bits per heavy atom. The van der Waals surface area contributed by atoms with Gasteiger partial charge in [-0.1, -0.05) is 31.2 Å². The molecule has 1 aliphatic carbocycles. The molecule has 0 unspecified atom stereocenters. The van der Waals surface area contributed by atoms with E-state index in [1.54, 1.807) is 0 Å². The van der Waals surface area contributed by atoms with Gasteiger partial charge in [-0.05, 0) is 42.7 Å². The molecular formula is C15H23NO. The molecule has 0 saturated heterocycles. The normalized spacial score (nSPS) is 24.8. The first-order valence-electron chi connectivity index (χ1n) is 6.70. The van der Waals surface area contributed by atoms with Gasteiger partial charge in [0.1, 0.15) is 0 Å². The molecule has 17 heavy (non-hydrogen) atoms. The van der Waals surface area contributed by atoms with Crippen molar-refractivity contribution in [2.24, 2.45) is 5.92 Å². The van der Waals surface area contributed by atoms with E-state index in [1.807, 2.05) is 12.1 Å².